The van der Waals surface area contributed by atoms with Crippen molar-refractivity contribution < 1.29 is 22.0 Å². The highest BCUT2D eigenvalue weighted by molar-refractivity contribution is 7.90. The van der Waals surface area contributed by atoms with Crippen molar-refractivity contribution >= 4 is 45.9 Å². The summed E-state index contributed by atoms with van der Waals surface area (Å²) in [4.78, 5) is 19.9. The highest BCUT2D eigenvalue weighted by Crippen LogP contribution is 2.31. The molecule has 0 saturated heterocycles. The van der Waals surface area contributed by atoms with Gasteiger partial charge in [0.2, 0.25) is 5.78 Å². The van der Waals surface area contributed by atoms with Gasteiger partial charge in [-0.2, -0.15) is 12.7 Å². The summed E-state index contributed by atoms with van der Waals surface area (Å²) >= 11 is 0. The highest BCUT2D eigenvalue weighted by Gasteiger charge is 2.27. The van der Waals surface area contributed by atoms with Crippen molar-refractivity contribution in [2.24, 2.45) is 12.0 Å². The molecule has 0 unspecified atom stereocenters. The van der Waals surface area contributed by atoms with Crippen molar-refractivity contribution in [3.8, 4) is 0 Å². The number of allylic oxidation sites excluding steroid dienone is 1. The maximum atomic E-state index is 15.1. The zero-order valence-electron chi connectivity index (χ0n) is 18.5. The van der Waals surface area contributed by atoms with Gasteiger partial charge in [-0.1, -0.05) is 0 Å². The molecule has 33 heavy (non-hydrogen) atoms. The van der Waals surface area contributed by atoms with E-state index in [2.05, 4.69) is 16.7 Å². The van der Waals surface area contributed by atoms with Crippen LogP contribution in [-0.4, -0.2) is 48.9 Å². The van der Waals surface area contributed by atoms with Gasteiger partial charge in [-0.05, 0) is 49.1 Å². The molecule has 0 fully saturated rings. The fourth-order valence-corrected chi connectivity index (χ4v) is 3.75. The van der Waals surface area contributed by atoms with Crippen molar-refractivity contribution in [2.45, 2.75) is 6.92 Å². The predicted molar refractivity (Wildman–Crippen MR) is 125 cm³/mol. The number of hydrogen-bond acceptors (Lipinski definition) is 4. The van der Waals surface area contributed by atoms with E-state index in [1.54, 1.807) is 6.08 Å². The van der Waals surface area contributed by atoms with E-state index in [9.17, 15) is 17.6 Å². The number of carbonyl (C=O) groups excluding carboxylic acids is 1. The maximum absolute atomic E-state index is 15.1. The van der Waals surface area contributed by atoms with Crippen LogP contribution in [0.1, 0.15) is 34.0 Å². The Morgan fingerprint density at radius 1 is 1.27 bits per heavy atom. The molecule has 3 aromatic rings. The van der Waals surface area contributed by atoms with Gasteiger partial charge in [0, 0.05) is 50.9 Å². The first-order valence-electron chi connectivity index (χ1n) is 9.68. The molecule has 2 heterocycles. The van der Waals surface area contributed by atoms with Crippen LogP contribution in [0.5, 0.6) is 0 Å². The van der Waals surface area contributed by atoms with Gasteiger partial charge < -0.3 is 9.55 Å². The van der Waals surface area contributed by atoms with Crippen molar-refractivity contribution in [3.05, 3.63) is 70.7 Å². The molecule has 3 rings (SSSR count). The minimum atomic E-state index is -4.08. The second kappa shape index (κ2) is 9.12. The fraction of sp³-hybridized carbons (Fsp3) is 0.182. The molecule has 1 aromatic carbocycles. The van der Waals surface area contributed by atoms with Crippen LogP contribution in [0.2, 0.25) is 0 Å². The molecule has 0 amide bonds. The summed E-state index contributed by atoms with van der Waals surface area (Å²) in [7, 11) is 0.272. The van der Waals surface area contributed by atoms with Gasteiger partial charge >= 0.3 is 10.2 Å². The largest absolute Gasteiger partial charge is 0.357 e. The molecule has 174 valence electrons. The average molecular weight is 476 g/mol. The Kier molecular flexibility index (Phi) is 6.65. The van der Waals surface area contributed by atoms with Crippen LogP contribution in [0, 0.1) is 11.6 Å². The summed E-state index contributed by atoms with van der Waals surface area (Å²) < 4.78 is 58.6. The number of ketones is 1. The first kappa shape index (κ1) is 24.1. The average Bonchev–Trinajstić information content (AvgIpc) is 3.36. The Labute approximate surface area is 190 Å². The maximum Gasteiger partial charge on any atom is 0.301 e. The number of rotatable bonds is 8. The quantitative estimate of drug-likeness (QED) is 0.381. The zero-order valence-corrected chi connectivity index (χ0v) is 19.3. The second-order valence-corrected chi connectivity index (χ2v) is 9.40. The van der Waals surface area contributed by atoms with Gasteiger partial charge in [-0.15, -0.1) is 0 Å². The van der Waals surface area contributed by atoms with E-state index in [1.165, 1.54) is 20.3 Å². The Balaban J connectivity index is 2.11. The number of carbonyl (C=O) groups is 1. The van der Waals surface area contributed by atoms with Crippen molar-refractivity contribution in [2.75, 3.05) is 18.8 Å². The second-order valence-electron chi connectivity index (χ2n) is 7.52. The van der Waals surface area contributed by atoms with E-state index in [4.69, 9.17) is 0 Å². The van der Waals surface area contributed by atoms with Crippen molar-refractivity contribution in [1.82, 2.24) is 13.9 Å². The number of anilines is 1. The first-order valence-corrected chi connectivity index (χ1v) is 11.1. The normalized spacial score (nSPS) is 12.3. The zero-order chi connectivity index (χ0) is 24.5. The van der Waals surface area contributed by atoms with Crippen LogP contribution in [0.15, 0.2) is 41.8 Å². The number of aromatic amines is 1. The van der Waals surface area contributed by atoms with E-state index in [0.29, 0.717) is 5.56 Å². The summed E-state index contributed by atoms with van der Waals surface area (Å²) in [6.45, 7) is 5.29. The third-order valence-corrected chi connectivity index (χ3v) is 6.43. The third kappa shape index (κ3) is 4.78. The van der Waals surface area contributed by atoms with Gasteiger partial charge in [0.1, 0.15) is 11.6 Å². The van der Waals surface area contributed by atoms with Crippen LogP contribution in [-0.2, 0) is 17.3 Å². The summed E-state index contributed by atoms with van der Waals surface area (Å²) in [5, 5.41) is 0. The lowest BCUT2D eigenvalue weighted by Gasteiger charge is -2.15. The molecule has 0 aliphatic rings. The van der Waals surface area contributed by atoms with Crippen LogP contribution in [0.3, 0.4) is 0 Å². The van der Waals surface area contributed by atoms with Gasteiger partial charge in [0.25, 0.3) is 0 Å². The van der Waals surface area contributed by atoms with Gasteiger partial charge in [-0.3, -0.25) is 9.52 Å². The Morgan fingerprint density at radius 2 is 1.97 bits per heavy atom. The molecule has 0 radical (unpaired) electrons. The lowest BCUT2D eigenvalue weighted by molar-refractivity contribution is 0.103. The van der Waals surface area contributed by atoms with E-state index in [-0.39, 0.29) is 11.4 Å². The van der Waals surface area contributed by atoms with Crippen LogP contribution >= 0.6 is 0 Å². The first-order chi connectivity index (χ1) is 15.5. The van der Waals surface area contributed by atoms with E-state index < -0.39 is 38.9 Å². The molecule has 8 nitrogen and oxygen atoms in total. The minimum absolute atomic E-state index is 0.0434. The molecule has 2 aromatic heterocycles. The number of nitrogens with one attached hydrogen (secondary N) is 2. The molecule has 0 spiro atoms. The molecule has 11 heteroatoms. The molecule has 0 saturated carbocycles. The number of hydrogen-bond donors (Lipinski definition) is 2. The molecular weight excluding hydrogens is 452 g/mol. The van der Waals surface area contributed by atoms with E-state index in [0.717, 1.165) is 27.6 Å². The molecule has 0 aliphatic heterocycles. The number of aryl methyl sites for hydroxylation is 1. The van der Waals surface area contributed by atoms with E-state index >= 15 is 4.39 Å². The number of benzene rings is 1. The Morgan fingerprint density at radius 3 is 2.55 bits per heavy atom. The monoisotopic (exact) mass is 475 g/mol. The number of halogens is 2. The predicted octanol–water partition coefficient (Wildman–Crippen LogP) is 3.97. The number of aromatic nitrogens is 2. The summed E-state index contributed by atoms with van der Waals surface area (Å²) in [5.41, 5.74) is 0.471. The topological polar surface area (TPSA) is 99.6 Å². The summed E-state index contributed by atoms with van der Waals surface area (Å²) in [5.74, 6) is -3.18. The lowest BCUT2D eigenvalue weighted by atomic mass is 9.98. The van der Waals surface area contributed by atoms with Gasteiger partial charge in [0.05, 0.1) is 11.3 Å². The number of aliphatic imine (C=N–C) groups is 1. The van der Waals surface area contributed by atoms with E-state index in [1.807, 2.05) is 41.7 Å². The van der Waals surface area contributed by atoms with Gasteiger partial charge in [0.15, 0.2) is 5.82 Å². The molecule has 0 bridgehead atoms. The van der Waals surface area contributed by atoms with Crippen molar-refractivity contribution in [1.29, 1.82) is 0 Å². The SMILES string of the molecule is C=Nc1[nH]cc(C(=O)c2c(F)ccc(NS(=O)(=O)N(C)C)c2F)c1/C=C(\C)c1ccn(C)c1. The van der Waals surface area contributed by atoms with Crippen LogP contribution in [0.4, 0.5) is 20.3 Å². The fourth-order valence-electron chi connectivity index (χ4n) is 3.13. The van der Waals surface area contributed by atoms with Crippen LogP contribution in [0.25, 0.3) is 11.6 Å². The molecular formula is C22H23F2N5O3S. The summed E-state index contributed by atoms with van der Waals surface area (Å²) in [6, 6.07) is 3.62. The minimum Gasteiger partial charge on any atom is -0.357 e. The lowest BCUT2D eigenvalue weighted by Crippen LogP contribution is -2.29. The van der Waals surface area contributed by atoms with Gasteiger partial charge in [-0.25, -0.2) is 13.8 Å². The van der Waals surface area contributed by atoms with Crippen molar-refractivity contribution in [3.63, 3.8) is 0 Å². The molecule has 0 aliphatic carbocycles. The summed E-state index contributed by atoms with van der Waals surface area (Å²) in [6.07, 6.45) is 6.68. The Bertz CT molecular complexity index is 1370. The smallest absolute Gasteiger partial charge is 0.301 e. The standard InChI is InChI=1S/C22H23F2N5O3S/c1-13(14-8-9-29(5)12-14)10-15-16(11-26-22(15)25-2)21(30)19-17(23)6-7-18(20(19)24)27-33(31,32)28(3)4/h6-12,26-27H,2H2,1,3-5H3/b13-10+. The Hall–Kier alpha value is -3.57. The number of H-pyrrole nitrogens is 1. The highest BCUT2D eigenvalue weighted by atomic mass is 32.2. The van der Waals surface area contributed by atoms with Crippen LogP contribution < -0.4 is 4.72 Å². The third-order valence-electron chi connectivity index (χ3n) is 4.99. The number of nitrogens with zero attached hydrogens (tertiary/aromatic N) is 3. The molecule has 0 atom stereocenters. The molecule has 2 N–H and O–H groups in total.